The Balaban J connectivity index is 1.67. The number of carbonyl (C=O) groups excluding carboxylic acids is 3. The smallest absolute Gasteiger partial charge is 0.326 e. The van der Waals surface area contributed by atoms with Gasteiger partial charge in [-0.1, -0.05) is 47.5 Å². The summed E-state index contributed by atoms with van der Waals surface area (Å²) in [7, 11) is 0. The van der Waals surface area contributed by atoms with Crippen LogP contribution in [0.1, 0.15) is 73.8 Å². The van der Waals surface area contributed by atoms with E-state index in [2.05, 4.69) is 5.32 Å². The SMILES string of the molecule is CCOc1cc(C(=O)NC(C)(C)C)ccc1C1=N[C@@H](c2ccc(Cl)cc2)[C@@H](c2ccc(Cl)cc2)N1C(=O)N1CCN(C(N)=O)CC1C. The van der Waals surface area contributed by atoms with Gasteiger partial charge < -0.3 is 25.6 Å². The third-order valence-electron chi connectivity index (χ3n) is 8.15. The largest absolute Gasteiger partial charge is 0.493 e. The van der Waals surface area contributed by atoms with Crippen molar-refractivity contribution in [1.82, 2.24) is 20.0 Å². The minimum atomic E-state index is -0.573. The zero-order valence-corrected chi connectivity index (χ0v) is 28.7. The Bertz CT molecular complexity index is 1670. The fourth-order valence-electron chi connectivity index (χ4n) is 5.97. The molecule has 10 nitrogen and oxygen atoms in total. The molecule has 0 radical (unpaired) electrons. The van der Waals surface area contributed by atoms with Crippen LogP contribution in [-0.2, 0) is 0 Å². The van der Waals surface area contributed by atoms with Gasteiger partial charge in [0, 0.05) is 46.8 Å². The Hall–Kier alpha value is -4.28. The number of rotatable bonds is 6. The summed E-state index contributed by atoms with van der Waals surface area (Å²) >= 11 is 12.6. The Kier molecular flexibility index (Phi) is 10.0. The lowest BCUT2D eigenvalue weighted by Crippen LogP contribution is -2.59. The van der Waals surface area contributed by atoms with Crippen molar-refractivity contribution in [1.29, 1.82) is 0 Å². The molecule has 5 amide bonds. The Morgan fingerprint density at radius 1 is 0.957 bits per heavy atom. The van der Waals surface area contributed by atoms with Crippen LogP contribution in [0.25, 0.3) is 0 Å². The zero-order chi connectivity index (χ0) is 34.0. The summed E-state index contributed by atoms with van der Waals surface area (Å²) in [6.45, 7) is 10.7. The Labute approximate surface area is 285 Å². The molecule has 3 aromatic rings. The molecular formula is C35H40Cl2N6O4. The Morgan fingerprint density at radius 2 is 1.57 bits per heavy atom. The van der Waals surface area contributed by atoms with Crippen LogP contribution in [0, 0.1) is 0 Å². The third kappa shape index (κ3) is 7.49. The van der Waals surface area contributed by atoms with Crippen LogP contribution in [-0.4, -0.2) is 76.3 Å². The van der Waals surface area contributed by atoms with Gasteiger partial charge in [0.15, 0.2) is 0 Å². The van der Waals surface area contributed by atoms with Crippen molar-refractivity contribution in [2.24, 2.45) is 10.7 Å². The van der Waals surface area contributed by atoms with E-state index in [0.717, 1.165) is 11.1 Å². The molecular weight excluding hydrogens is 639 g/mol. The molecule has 3 aromatic carbocycles. The van der Waals surface area contributed by atoms with Crippen molar-refractivity contribution >= 4 is 47.0 Å². The number of nitrogens with one attached hydrogen (secondary N) is 1. The van der Waals surface area contributed by atoms with Crippen LogP contribution in [0.5, 0.6) is 5.75 Å². The first-order valence-electron chi connectivity index (χ1n) is 15.6. The van der Waals surface area contributed by atoms with Crippen LogP contribution in [0.15, 0.2) is 71.7 Å². The van der Waals surface area contributed by atoms with Crippen molar-refractivity contribution in [3.63, 3.8) is 0 Å². The summed E-state index contributed by atoms with van der Waals surface area (Å²) in [6.07, 6.45) is 0. The van der Waals surface area contributed by atoms with Crippen molar-refractivity contribution in [3.8, 4) is 5.75 Å². The van der Waals surface area contributed by atoms with E-state index in [0.29, 0.717) is 52.5 Å². The quantitative estimate of drug-likeness (QED) is 0.302. The van der Waals surface area contributed by atoms with Crippen LogP contribution in [0.3, 0.4) is 0 Å². The predicted molar refractivity (Wildman–Crippen MR) is 184 cm³/mol. The normalized spacial score (nSPS) is 19.8. The van der Waals surface area contributed by atoms with Gasteiger partial charge in [-0.3, -0.25) is 14.7 Å². The molecule has 12 heteroatoms. The maximum Gasteiger partial charge on any atom is 0.326 e. The van der Waals surface area contributed by atoms with Crippen LogP contribution in [0.4, 0.5) is 9.59 Å². The number of urea groups is 2. The number of hydrogen-bond acceptors (Lipinski definition) is 5. The molecule has 2 aliphatic heterocycles. The Morgan fingerprint density at radius 3 is 2.13 bits per heavy atom. The molecule has 2 aliphatic rings. The number of amides is 5. The fraction of sp³-hybridized carbons (Fsp3) is 0.371. The summed E-state index contributed by atoms with van der Waals surface area (Å²) in [5.41, 5.74) is 7.80. The molecule has 2 heterocycles. The number of amidine groups is 1. The maximum absolute atomic E-state index is 14.8. The van der Waals surface area contributed by atoms with Crippen molar-refractivity contribution in [2.45, 2.75) is 58.3 Å². The topological polar surface area (TPSA) is 121 Å². The zero-order valence-electron chi connectivity index (χ0n) is 27.2. The molecule has 0 aromatic heterocycles. The second-order valence-electron chi connectivity index (χ2n) is 12.8. The number of carbonyl (C=O) groups is 3. The number of halogens is 2. The van der Waals surface area contributed by atoms with Crippen LogP contribution >= 0.6 is 23.2 Å². The van der Waals surface area contributed by atoms with Crippen LogP contribution in [0.2, 0.25) is 10.0 Å². The lowest BCUT2D eigenvalue weighted by atomic mass is 9.93. The van der Waals surface area contributed by atoms with E-state index < -0.39 is 23.7 Å². The average molecular weight is 680 g/mol. The lowest BCUT2D eigenvalue weighted by Gasteiger charge is -2.42. The molecule has 1 saturated heterocycles. The molecule has 0 aliphatic carbocycles. The summed E-state index contributed by atoms with van der Waals surface area (Å²) < 4.78 is 6.11. The summed E-state index contributed by atoms with van der Waals surface area (Å²) in [5, 5.41) is 4.13. The number of aliphatic imine (C=N–C) groups is 1. The molecule has 47 heavy (non-hydrogen) atoms. The average Bonchev–Trinajstić information content (AvgIpc) is 3.41. The van der Waals surface area contributed by atoms with E-state index in [4.69, 9.17) is 38.7 Å². The van der Waals surface area contributed by atoms with Gasteiger partial charge in [-0.25, -0.2) is 9.59 Å². The maximum atomic E-state index is 14.8. The molecule has 1 unspecified atom stereocenters. The van der Waals surface area contributed by atoms with Gasteiger partial charge in [0.1, 0.15) is 17.6 Å². The summed E-state index contributed by atoms with van der Waals surface area (Å²) in [6, 6.07) is 17.7. The van der Waals surface area contributed by atoms with Gasteiger partial charge in [-0.05, 0) is 88.2 Å². The third-order valence-corrected chi connectivity index (χ3v) is 8.66. The van der Waals surface area contributed by atoms with E-state index >= 15 is 0 Å². The standard InChI is InChI=1S/C35H40Cl2N6O4/c1-6-47-28-19-24(32(44)40-35(3,4)5)11-16-27(28)31-39-29(22-7-12-25(36)13-8-22)30(23-9-14-26(37)15-10-23)43(31)34(46)42-18-17-41(33(38)45)20-21(42)2/h7-16,19,21,29-30H,6,17-18,20H2,1-5H3,(H2,38,45)(H,40,44)/t21?,29-,30+/m0/s1. The second-order valence-corrected chi connectivity index (χ2v) is 13.6. The van der Waals surface area contributed by atoms with Gasteiger partial charge in [0.05, 0.1) is 18.2 Å². The van der Waals surface area contributed by atoms with Gasteiger partial charge >= 0.3 is 12.1 Å². The fourth-order valence-corrected chi connectivity index (χ4v) is 6.22. The van der Waals surface area contributed by atoms with Gasteiger partial charge in [-0.2, -0.15) is 0 Å². The predicted octanol–water partition coefficient (Wildman–Crippen LogP) is 6.67. The first-order valence-corrected chi connectivity index (χ1v) is 16.4. The number of nitrogens with zero attached hydrogens (tertiary/aromatic N) is 4. The molecule has 0 spiro atoms. The van der Waals surface area contributed by atoms with Gasteiger partial charge in [-0.15, -0.1) is 0 Å². The van der Waals surface area contributed by atoms with Gasteiger partial charge in [0.25, 0.3) is 5.91 Å². The van der Waals surface area contributed by atoms with E-state index in [9.17, 15) is 14.4 Å². The van der Waals surface area contributed by atoms with E-state index in [-0.39, 0.29) is 24.5 Å². The highest BCUT2D eigenvalue weighted by Gasteiger charge is 2.46. The van der Waals surface area contributed by atoms with Crippen molar-refractivity contribution in [3.05, 3.63) is 99.0 Å². The molecule has 1 fully saturated rings. The minimum Gasteiger partial charge on any atom is -0.493 e. The number of nitrogens with two attached hydrogens (primary N) is 1. The first-order chi connectivity index (χ1) is 22.3. The molecule has 3 atom stereocenters. The second kappa shape index (κ2) is 13.8. The highest BCUT2D eigenvalue weighted by Crippen LogP contribution is 2.45. The van der Waals surface area contributed by atoms with Crippen LogP contribution < -0.4 is 15.8 Å². The highest BCUT2D eigenvalue weighted by atomic mass is 35.5. The lowest BCUT2D eigenvalue weighted by molar-refractivity contribution is 0.0918. The number of primary amides is 1. The number of benzene rings is 3. The summed E-state index contributed by atoms with van der Waals surface area (Å²) in [4.78, 5) is 50.2. The molecule has 5 rings (SSSR count). The molecule has 3 N–H and O–H groups in total. The summed E-state index contributed by atoms with van der Waals surface area (Å²) in [5.74, 6) is 0.569. The number of piperazine rings is 1. The van der Waals surface area contributed by atoms with E-state index in [1.807, 2.05) is 58.9 Å². The molecule has 248 valence electrons. The number of ether oxygens (including phenoxy) is 1. The van der Waals surface area contributed by atoms with Crippen molar-refractivity contribution < 1.29 is 19.1 Å². The van der Waals surface area contributed by atoms with Gasteiger partial charge in [0.2, 0.25) is 0 Å². The van der Waals surface area contributed by atoms with Crippen molar-refractivity contribution in [2.75, 3.05) is 26.2 Å². The van der Waals surface area contributed by atoms with E-state index in [1.165, 1.54) is 4.90 Å². The minimum absolute atomic E-state index is 0.245. The number of hydrogen-bond donors (Lipinski definition) is 2. The first kappa shape index (κ1) is 34.1. The highest BCUT2D eigenvalue weighted by molar-refractivity contribution is 6.30. The van der Waals surface area contributed by atoms with E-state index in [1.54, 1.807) is 52.3 Å². The molecule has 0 saturated carbocycles. The monoisotopic (exact) mass is 678 g/mol. The molecule has 0 bridgehead atoms.